The number of nitrogens with zero attached hydrogens (tertiary/aromatic N) is 2. The van der Waals surface area contributed by atoms with Crippen LogP contribution in [-0.4, -0.2) is 37.4 Å². The van der Waals surface area contributed by atoms with Crippen molar-refractivity contribution in [3.05, 3.63) is 65.9 Å². The summed E-state index contributed by atoms with van der Waals surface area (Å²) in [6.07, 6.45) is 2.43. The first-order chi connectivity index (χ1) is 14.1. The highest BCUT2D eigenvalue weighted by molar-refractivity contribution is 5.87. The van der Waals surface area contributed by atoms with Crippen LogP contribution in [-0.2, 0) is 17.8 Å². The minimum atomic E-state index is 0.234. The number of morpholine rings is 1. The van der Waals surface area contributed by atoms with E-state index in [0.717, 1.165) is 37.7 Å². The van der Waals surface area contributed by atoms with E-state index in [1.807, 2.05) is 12.3 Å². The number of fused-ring (bicyclic) bond motifs is 1. The molecule has 0 amide bonds. The van der Waals surface area contributed by atoms with Gasteiger partial charge in [-0.3, -0.25) is 0 Å². The Hall–Kier alpha value is -2.63. The van der Waals surface area contributed by atoms with Gasteiger partial charge in [0.1, 0.15) is 11.6 Å². The number of anilines is 1. The second kappa shape index (κ2) is 8.80. The van der Waals surface area contributed by atoms with Gasteiger partial charge in [-0.05, 0) is 42.3 Å². The fourth-order valence-corrected chi connectivity index (χ4v) is 4.09. The van der Waals surface area contributed by atoms with Gasteiger partial charge in [-0.15, -0.1) is 0 Å². The van der Waals surface area contributed by atoms with Crippen LogP contribution in [0.15, 0.2) is 54.7 Å². The number of methoxy groups -OCH3 is 1. The zero-order chi connectivity index (χ0) is 20.2. The summed E-state index contributed by atoms with van der Waals surface area (Å²) < 4.78 is 11.4. The lowest BCUT2D eigenvalue weighted by Crippen LogP contribution is -2.45. The lowest BCUT2D eigenvalue weighted by Gasteiger charge is -2.36. The Kier molecular flexibility index (Phi) is 5.97. The molecule has 0 spiro atoms. The molecule has 0 aliphatic carbocycles. The molecule has 1 aliphatic heterocycles. The Labute approximate surface area is 172 Å². The van der Waals surface area contributed by atoms with Crippen LogP contribution in [0.3, 0.4) is 0 Å². The SMILES string of the molecule is COc1ccc2ccccc2c1CNCc1ccc(N2C[C@@H](C)O[C@H](C)C2)nc1. The van der Waals surface area contributed by atoms with Gasteiger partial charge in [0, 0.05) is 37.9 Å². The van der Waals surface area contributed by atoms with Crippen LogP contribution in [0.2, 0.25) is 0 Å². The first-order valence-corrected chi connectivity index (χ1v) is 10.2. The van der Waals surface area contributed by atoms with Crippen LogP contribution in [0, 0.1) is 0 Å². The first kappa shape index (κ1) is 19.7. The summed E-state index contributed by atoms with van der Waals surface area (Å²) in [6.45, 7) is 7.50. The summed E-state index contributed by atoms with van der Waals surface area (Å²) in [5, 5.41) is 6.00. The zero-order valence-corrected chi connectivity index (χ0v) is 17.4. The lowest BCUT2D eigenvalue weighted by molar-refractivity contribution is -0.00545. The van der Waals surface area contributed by atoms with Gasteiger partial charge in [0.2, 0.25) is 0 Å². The molecule has 0 unspecified atom stereocenters. The fourth-order valence-electron chi connectivity index (χ4n) is 4.09. The molecule has 0 bridgehead atoms. The number of hydrogen-bond acceptors (Lipinski definition) is 5. The highest BCUT2D eigenvalue weighted by atomic mass is 16.5. The van der Waals surface area contributed by atoms with Crippen LogP contribution in [0.5, 0.6) is 5.75 Å². The van der Waals surface area contributed by atoms with Crippen molar-refractivity contribution >= 4 is 16.6 Å². The van der Waals surface area contributed by atoms with E-state index in [-0.39, 0.29) is 12.2 Å². The van der Waals surface area contributed by atoms with Crippen LogP contribution in [0.1, 0.15) is 25.0 Å². The smallest absolute Gasteiger partial charge is 0.128 e. The van der Waals surface area contributed by atoms with Gasteiger partial charge >= 0.3 is 0 Å². The van der Waals surface area contributed by atoms with Crippen molar-refractivity contribution in [2.45, 2.75) is 39.1 Å². The Morgan fingerprint density at radius 2 is 1.83 bits per heavy atom. The quantitative estimate of drug-likeness (QED) is 0.684. The second-order valence-electron chi connectivity index (χ2n) is 7.76. The Morgan fingerprint density at radius 1 is 1.03 bits per heavy atom. The summed E-state index contributed by atoms with van der Waals surface area (Å²) in [7, 11) is 1.73. The van der Waals surface area contributed by atoms with E-state index in [9.17, 15) is 0 Å². The number of benzene rings is 2. The van der Waals surface area contributed by atoms with Gasteiger partial charge in [0.15, 0.2) is 0 Å². The van der Waals surface area contributed by atoms with Crippen LogP contribution in [0.4, 0.5) is 5.82 Å². The standard InChI is InChI=1S/C24H29N3O2/c1-17-15-27(16-18(2)29-17)24-11-8-19(13-26-24)12-25-14-22-21-7-5-4-6-20(21)9-10-23(22)28-3/h4-11,13,17-18,25H,12,14-16H2,1-3H3/t17-,18-/m1/s1. The number of rotatable bonds is 6. The third-order valence-corrected chi connectivity index (χ3v) is 5.40. The molecule has 29 heavy (non-hydrogen) atoms. The van der Waals surface area contributed by atoms with Gasteiger partial charge in [-0.2, -0.15) is 0 Å². The molecule has 0 radical (unpaired) electrons. The summed E-state index contributed by atoms with van der Waals surface area (Å²) in [5.74, 6) is 1.94. The first-order valence-electron chi connectivity index (χ1n) is 10.2. The van der Waals surface area contributed by atoms with Crippen LogP contribution in [0.25, 0.3) is 10.8 Å². The highest BCUT2D eigenvalue weighted by Gasteiger charge is 2.22. The fraction of sp³-hybridized carbons (Fsp3) is 0.375. The summed E-state index contributed by atoms with van der Waals surface area (Å²) in [6, 6.07) is 16.8. The molecule has 1 aromatic heterocycles. The minimum absolute atomic E-state index is 0.234. The van der Waals surface area contributed by atoms with Gasteiger partial charge in [-0.1, -0.05) is 36.4 Å². The lowest BCUT2D eigenvalue weighted by atomic mass is 10.0. The van der Waals surface area contributed by atoms with E-state index in [1.165, 1.54) is 21.9 Å². The molecule has 2 heterocycles. The zero-order valence-electron chi connectivity index (χ0n) is 17.4. The second-order valence-corrected chi connectivity index (χ2v) is 7.76. The van der Waals surface area contributed by atoms with E-state index >= 15 is 0 Å². The molecule has 1 saturated heterocycles. The number of hydrogen-bond donors (Lipinski definition) is 1. The van der Waals surface area contributed by atoms with E-state index in [0.29, 0.717) is 0 Å². The molecular formula is C24H29N3O2. The topological polar surface area (TPSA) is 46.6 Å². The molecular weight excluding hydrogens is 362 g/mol. The number of aromatic nitrogens is 1. The maximum atomic E-state index is 5.82. The number of ether oxygens (including phenoxy) is 2. The third kappa shape index (κ3) is 4.52. The monoisotopic (exact) mass is 391 g/mol. The van der Waals surface area contributed by atoms with Gasteiger partial charge in [-0.25, -0.2) is 4.98 Å². The van der Waals surface area contributed by atoms with Crippen molar-refractivity contribution in [2.24, 2.45) is 0 Å². The van der Waals surface area contributed by atoms with Crippen molar-refractivity contribution in [2.75, 3.05) is 25.1 Å². The molecule has 2 atom stereocenters. The van der Waals surface area contributed by atoms with Gasteiger partial charge in [0.25, 0.3) is 0 Å². The predicted molar refractivity (Wildman–Crippen MR) is 118 cm³/mol. The molecule has 2 aromatic carbocycles. The summed E-state index contributed by atoms with van der Waals surface area (Å²) >= 11 is 0. The van der Waals surface area contributed by atoms with Gasteiger partial charge < -0.3 is 19.7 Å². The molecule has 0 saturated carbocycles. The van der Waals surface area contributed by atoms with E-state index < -0.39 is 0 Å². The van der Waals surface area contributed by atoms with Crippen molar-refractivity contribution in [1.29, 1.82) is 0 Å². The Balaban J connectivity index is 1.41. The average molecular weight is 392 g/mol. The van der Waals surface area contributed by atoms with Crippen LogP contribution < -0.4 is 15.0 Å². The molecule has 1 aliphatic rings. The molecule has 3 aromatic rings. The van der Waals surface area contributed by atoms with Gasteiger partial charge in [0.05, 0.1) is 19.3 Å². The van der Waals surface area contributed by atoms with Crippen LogP contribution >= 0.6 is 0 Å². The summed E-state index contributed by atoms with van der Waals surface area (Å²) in [5.41, 5.74) is 2.36. The third-order valence-electron chi connectivity index (χ3n) is 5.40. The molecule has 1 N–H and O–H groups in total. The van der Waals surface area contributed by atoms with E-state index in [4.69, 9.17) is 9.47 Å². The number of nitrogens with one attached hydrogen (secondary N) is 1. The highest BCUT2D eigenvalue weighted by Crippen LogP contribution is 2.28. The maximum absolute atomic E-state index is 5.82. The van der Waals surface area contributed by atoms with Crippen molar-refractivity contribution in [1.82, 2.24) is 10.3 Å². The number of pyridine rings is 1. The Bertz CT molecular complexity index is 948. The largest absolute Gasteiger partial charge is 0.496 e. The van der Waals surface area contributed by atoms with Crippen molar-refractivity contribution in [3.8, 4) is 5.75 Å². The van der Waals surface area contributed by atoms with E-state index in [1.54, 1.807) is 7.11 Å². The van der Waals surface area contributed by atoms with Crippen molar-refractivity contribution in [3.63, 3.8) is 0 Å². The maximum Gasteiger partial charge on any atom is 0.128 e. The summed E-state index contributed by atoms with van der Waals surface area (Å²) in [4.78, 5) is 6.99. The van der Waals surface area contributed by atoms with Crippen molar-refractivity contribution < 1.29 is 9.47 Å². The molecule has 152 valence electrons. The minimum Gasteiger partial charge on any atom is -0.496 e. The Morgan fingerprint density at radius 3 is 2.55 bits per heavy atom. The predicted octanol–water partition coefficient (Wildman–Crippen LogP) is 4.15. The molecule has 5 heteroatoms. The molecule has 1 fully saturated rings. The average Bonchev–Trinajstić information content (AvgIpc) is 2.73. The van der Waals surface area contributed by atoms with E-state index in [2.05, 4.69) is 71.5 Å². The molecule has 5 nitrogen and oxygen atoms in total. The molecule has 4 rings (SSSR count). The normalized spacial score (nSPS) is 19.5.